The van der Waals surface area contributed by atoms with Crippen LogP contribution in [0.2, 0.25) is 0 Å². The summed E-state index contributed by atoms with van der Waals surface area (Å²) in [5, 5.41) is 14.1. The number of thioether (sulfide) groups is 2. The molecular formula is C52H101N5O7S2. The first-order valence-electron chi connectivity index (χ1n) is 26.7. The zero-order chi connectivity index (χ0) is 49.3. The highest BCUT2D eigenvalue weighted by Gasteiger charge is 2.16. The topological polar surface area (TPSA) is 156 Å². The number of hydrogen-bond acceptors (Lipinski definition) is 8. The molecule has 0 aliphatic carbocycles. The van der Waals surface area contributed by atoms with Gasteiger partial charge in [0.15, 0.2) is 0 Å². The number of carbonyl (C=O) groups excluding carboxylic acids is 5. The standard InChI is InChI=1S/C40H79N3O3S.C12H22N2O4S/c1-5-9-11-13-15-17-19-21-23-25-27-29-32-42(33-30-28-26-24-22-20-18-16-14-12-10-6-2)40(46)37-47-36-35-43(39(45)8-4)34-31-41-38(44)7-3;1-3-10(15)13-5-6-14(11(16)4-2)7-8-19-9-12(17)18/h5-37H2,1-4H3,(H,41,44);3-9H2,1-2H3,(H,13,15)(H,17,18). The first-order valence-corrected chi connectivity index (χ1v) is 29.1. The van der Waals surface area contributed by atoms with E-state index in [4.69, 9.17) is 5.11 Å². The largest absolute Gasteiger partial charge is 0.481 e. The summed E-state index contributed by atoms with van der Waals surface area (Å²) >= 11 is 2.92. The van der Waals surface area contributed by atoms with Crippen LogP contribution in [0.3, 0.4) is 0 Å². The maximum Gasteiger partial charge on any atom is 0.313 e. The van der Waals surface area contributed by atoms with Crippen LogP contribution in [0.25, 0.3) is 0 Å². The van der Waals surface area contributed by atoms with Gasteiger partial charge in [0.2, 0.25) is 29.5 Å². The fourth-order valence-electron chi connectivity index (χ4n) is 7.49. The average molecular weight is 973 g/mol. The molecule has 0 aliphatic rings. The van der Waals surface area contributed by atoms with Gasteiger partial charge in [-0.2, -0.15) is 11.8 Å². The van der Waals surface area contributed by atoms with Crippen LogP contribution in [-0.2, 0) is 28.8 Å². The summed E-state index contributed by atoms with van der Waals surface area (Å²) in [6, 6.07) is 0. The van der Waals surface area contributed by atoms with E-state index in [0.717, 1.165) is 31.7 Å². The number of carboxylic acids is 1. The Morgan fingerprint density at radius 1 is 0.364 bits per heavy atom. The molecule has 0 aromatic heterocycles. The van der Waals surface area contributed by atoms with Gasteiger partial charge in [0.1, 0.15) is 0 Å². The van der Waals surface area contributed by atoms with Crippen LogP contribution >= 0.6 is 23.5 Å². The molecule has 0 aromatic rings. The molecule has 0 heterocycles. The average Bonchev–Trinajstić information content (AvgIpc) is 3.32. The summed E-state index contributed by atoms with van der Waals surface area (Å²) in [5.74, 6) is 1.34. The lowest BCUT2D eigenvalue weighted by Crippen LogP contribution is -2.39. The van der Waals surface area contributed by atoms with Crippen molar-refractivity contribution in [2.45, 2.75) is 221 Å². The number of carbonyl (C=O) groups is 6. The van der Waals surface area contributed by atoms with Gasteiger partial charge in [-0.1, -0.05) is 183 Å². The summed E-state index contributed by atoms with van der Waals surface area (Å²) in [6.45, 7) is 16.6. The van der Waals surface area contributed by atoms with Crippen LogP contribution < -0.4 is 10.6 Å². The van der Waals surface area contributed by atoms with Gasteiger partial charge in [-0.15, -0.1) is 11.8 Å². The highest BCUT2D eigenvalue weighted by Crippen LogP contribution is 2.15. The Bertz CT molecular complexity index is 1170. The van der Waals surface area contributed by atoms with E-state index in [1.807, 2.05) is 18.7 Å². The molecule has 0 atom stereocenters. The van der Waals surface area contributed by atoms with Gasteiger partial charge in [0, 0.05) is 89.5 Å². The molecule has 0 radical (unpaired) electrons. The van der Waals surface area contributed by atoms with Crippen molar-refractivity contribution in [1.82, 2.24) is 25.3 Å². The molecule has 66 heavy (non-hydrogen) atoms. The third-order valence-electron chi connectivity index (χ3n) is 11.7. The first-order chi connectivity index (χ1) is 32.0. The summed E-state index contributed by atoms with van der Waals surface area (Å²) in [7, 11) is 0. The van der Waals surface area contributed by atoms with Crippen LogP contribution in [0.4, 0.5) is 0 Å². The first kappa shape index (κ1) is 65.6. The predicted molar refractivity (Wildman–Crippen MR) is 281 cm³/mol. The fourth-order valence-corrected chi connectivity index (χ4v) is 9.01. The smallest absolute Gasteiger partial charge is 0.313 e. The Labute approximate surface area is 413 Å². The van der Waals surface area contributed by atoms with Crippen molar-refractivity contribution >= 4 is 59.0 Å². The number of carboxylic acid groups (broad SMARTS) is 1. The SMILES string of the molecule is CCC(=O)NCCN(CCSCC(=O)O)C(=O)CC.CCCCCCCCCCCCCCN(CCCCCCCCCCCCCC)C(=O)CSCCN(CCNC(=O)CC)C(=O)CC. The summed E-state index contributed by atoms with van der Waals surface area (Å²) in [6.07, 6.45) is 33.7. The molecule has 3 N–H and O–H groups in total. The summed E-state index contributed by atoms with van der Waals surface area (Å²) in [5.41, 5.74) is 0. The van der Waals surface area contributed by atoms with E-state index < -0.39 is 5.97 Å². The van der Waals surface area contributed by atoms with Crippen molar-refractivity contribution in [1.29, 1.82) is 0 Å². The molecule has 5 amide bonds. The van der Waals surface area contributed by atoms with E-state index in [2.05, 4.69) is 29.4 Å². The van der Waals surface area contributed by atoms with Crippen molar-refractivity contribution in [3.05, 3.63) is 0 Å². The van der Waals surface area contributed by atoms with Crippen LogP contribution in [0.5, 0.6) is 0 Å². The van der Waals surface area contributed by atoms with E-state index in [0.29, 0.717) is 76.5 Å². The minimum Gasteiger partial charge on any atom is -0.481 e. The van der Waals surface area contributed by atoms with E-state index in [-0.39, 0.29) is 35.3 Å². The second-order valence-electron chi connectivity index (χ2n) is 17.5. The third kappa shape index (κ3) is 44.1. The molecule has 0 fully saturated rings. The Balaban J connectivity index is 0. The van der Waals surface area contributed by atoms with Gasteiger partial charge < -0.3 is 30.4 Å². The lowest BCUT2D eigenvalue weighted by molar-refractivity contribution is -0.134. The predicted octanol–water partition coefficient (Wildman–Crippen LogP) is 11.3. The van der Waals surface area contributed by atoms with Crippen LogP contribution in [0, 0.1) is 0 Å². The summed E-state index contributed by atoms with van der Waals surface area (Å²) < 4.78 is 0. The van der Waals surface area contributed by atoms with Crippen LogP contribution in [0.15, 0.2) is 0 Å². The van der Waals surface area contributed by atoms with Crippen molar-refractivity contribution in [3.8, 4) is 0 Å². The fraction of sp³-hybridized carbons (Fsp3) is 0.885. The maximum atomic E-state index is 13.3. The minimum atomic E-state index is -0.853. The Morgan fingerprint density at radius 2 is 0.667 bits per heavy atom. The van der Waals surface area contributed by atoms with E-state index in [9.17, 15) is 28.8 Å². The molecule has 0 spiro atoms. The zero-order valence-electron chi connectivity index (χ0n) is 43.3. The molecule has 14 heteroatoms. The molecule has 0 aliphatic heterocycles. The second kappa shape index (κ2) is 50.4. The highest BCUT2D eigenvalue weighted by atomic mass is 32.2. The van der Waals surface area contributed by atoms with E-state index in [1.165, 1.54) is 153 Å². The number of rotatable bonds is 46. The van der Waals surface area contributed by atoms with Crippen LogP contribution in [0.1, 0.15) is 221 Å². The molecule has 0 saturated heterocycles. The van der Waals surface area contributed by atoms with Crippen molar-refractivity contribution < 1.29 is 33.9 Å². The highest BCUT2D eigenvalue weighted by molar-refractivity contribution is 8.00. The van der Waals surface area contributed by atoms with Gasteiger partial charge >= 0.3 is 5.97 Å². The van der Waals surface area contributed by atoms with Crippen LogP contribution in [-0.4, -0.2) is 131 Å². The molecule has 0 rings (SSSR count). The monoisotopic (exact) mass is 972 g/mol. The third-order valence-corrected chi connectivity index (χ3v) is 13.6. The number of aliphatic carboxylic acids is 1. The van der Waals surface area contributed by atoms with Gasteiger partial charge in [-0.05, 0) is 12.8 Å². The second-order valence-corrected chi connectivity index (χ2v) is 19.7. The van der Waals surface area contributed by atoms with Crippen molar-refractivity contribution in [2.75, 3.05) is 75.4 Å². The zero-order valence-corrected chi connectivity index (χ0v) is 45.0. The minimum absolute atomic E-state index is 0.00953. The van der Waals surface area contributed by atoms with Gasteiger partial charge in [-0.25, -0.2) is 0 Å². The Morgan fingerprint density at radius 3 is 0.970 bits per heavy atom. The molecule has 388 valence electrons. The number of nitrogens with one attached hydrogen (secondary N) is 2. The Hall–Kier alpha value is -2.48. The number of nitrogens with zero attached hydrogens (tertiary/aromatic N) is 3. The lowest BCUT2D eigenvalue weighted by atomic mass is 10.0. The van der Waals surface area contributed by atoms with E-state index in [1.54, 1.807) is 30.5 Å². The van der Waals surface area contributed by atoms with Gasteiger partial charge in [-0.3, -0.25) is 28.8 Å². The molecule has 0 aromatic carbocycles. The molecule has 12 nitrogen and oxygen atoms in total. The number of hydrogen-bond donors (Lipinski definition) is 3. The summed E-state index contributed by atoms with van der Waals surface area (Å²) in [4.78, 5) is 76.0. The maximum absolute atomic E-state index is 13.3. The quantitative estimate of drug-likeness (QED) is 0.0505. The normalized spacial score (nSPS) is 10.8. The van der Waals surface area contributed by atoms with E-state index >= 15 is 0 Å². The lowest BCUT2D eigenvalue weighted by Gasteiger charge is -2.24. The van der Waals surface area contributed by atoms with Gasteiger partial charge in [0.05, 0.1) is 11.5 Å². The van der Waals surface area contributed by atoms with Crippen molar-refractivity contribution in [2.24, 2.45) is 0 Å². The van der Waals surface area contributed by atoms with Gasteiger partial charge in [0.25, 0.3) is 0 Å². The molecule has 0 unspecified atom stereocenters. The molecular weight excluding hydrogens is 871 g/mol. The van der Waals surface area contributed by atoms with Crippen molar-refractivity contribution in [3.63, 3.8) is 0 Å². The molecule has 0 saturated carbocycles. The number of unbranched alkanes of at least 4 members (excludes halogenated alkanes) is 22. The Kier molecular flexibility index (Phi) is 50.1. The molecule has 0 bridgehead atoms. The number of amides is 5.